The van der Waals surface area contributed by atoms with E-state index in [0.717, 1.165) is 12.1 Å². The second kappa shape index (κ2) is 6.60. The number of nitrogens with zero attached hydrogens (tertiary/aromatic N) is 4. The minimum absolute atomic E-state index is 0.185. The van der Waals surface area contributed by atoms with E-state index in [1.807, 2.05) is 0 Å². The standard InChI is InChI=1S/C20H19F3N4O4/c1-19(2,3)31-18(30)25-9-12-7-14(25)15-16(28)27(17(29)26(12)15)11-5-4-10(8-24)13(6-11)20(21,22)23/h4-6,12,14-15H,7,9H2,1-3H3/t12-,14-,15-/m1/s1. The molecule has 11 heteroatoms. The number of imide groups is 1. The summed E-state index contributed by atoms with van der Waals surface area (Å²) in [5.41, 5.74) is -2.83. The number of benzene rings is 1. The van der Waals surface area contributed by atoms with Crippen molar-refractivity contribution in [2.75, 3.05) is 11.4 Å². The van der Waals surface area contributed by atoms with Gasteiger partial charge in [-0.15, -0.1) is 0 Å². The predicted octanol–water partition coefficient (Wildman–Crippen LogP) is 3.11. The molecule has 3 fully saturated rings. The van der Waals surface area contributed by atoms with E-state index in [2.05, 4.69) is 0 Å². The summed E-state index contributed by atoms with van der Waals surface area (Å²) in [6.07, 6.45) is -5.03. The van der Waals surface area contributed by atoms with Crippen LogP contribution < -0.4 is 4.90 Å². The molecule has 0 aliphatic carbocycles. The van der Waals surface area contributed by atoms with Gasteiger partial charge >= 0.3 is 18.3 Å². The Kier molecular flexibility index (Phi) is 4.46. The van der Waals surface area contributed by atoms with Crippen LogP contribution in [0.3, 0.4) is 0 Å². The summed E-state index contributed by atoms with van der Waals surface area (Å²) in [6, 6.07) is 1.42. The van der Waals surface area contributed by atoms with Crippen molar-refractivity contribution in [1.82, 2.24) is 9.80 Å². The lowest BCUT2D eigenvalue weighted by molar-refractivity contribution is -0.137. The first-order valence-corrected chi connectivity index (χ1v) is 9.60. The van der Waals surface area contributed by atoms with Crippen molar-refractivity contribution < 1.29 is 32.3 Å². The van der Waals surface area contributed by atoms with Gasteiger partial charge in [0.15, 0.2) is 0 Å². The fourth-order valence-corrected chi connectivity index (χ4v) is 4.43. The summed E-state index contributed by atoms with van der Waals surface area (Å²) in [6.45, 7) is 5.31. The molecule has 3 heterocycles. The van der Waals surface area contributed by atoms with Crippen LogP contribution in [0.25, 0.3) is 0 Å². The highest BCUT2D eigenvalue weighted by molar-refractivity contribution is 6.22. The lowest BCUT2D eigenvalue weighted by Crippen LogP contribution is -2.55. The molecule has 3 atom stereocenters. The predicted molar refractivity (Wildman–Crippen MR) is 99.8 cm³/mol. The van der Waals surface area contributed by atoms with Gasteiger partial charge in [-0.05, 0) is 45.4 Å². The average molecular weight is 436 g/mol. The number of amides is 4. The fraction of sp³-hybridized carbons (Fsp3) is 0.500. The van der Waals surface area contributed by atoms with E-state index in [1.54, 1.807) is 20.8 Å². The Bertz CT molecular complexity index is 1030. The van der Waals surface area contributed by atoms with Gasteiger partial charge in [-0.25, -0.2) is 14.5 Å². The van der Waals surface area contributed by atoms with E-state index in [4.69, 9.17) is 10.00 Å². The second-order valence-corrected chi connectivity index (χ2v) is 8.74. The number of rotatable bonds is 1. The number of urea groups is 1. The Balaban J connectivity index is 1.65. The Morgan fingerprint density at radius 1 is 1.23 bits per heavy atom. The Morgan fingerprint density at radius 3 is 2.48 bits per heavy atom. The highest BCUT2D eigenvalue weighted by atomic mass is 19.4. The van der Waals surface area contributed by atoms with Crippen LogP contribution in [0.2, 0.25) is 0 Å². The van der Waals surface area contributed by atoms with Gasteiger partial charge in [0, 0.05) is 6.54 Å². The largest absolute Gasteiger partial charge is 0.444 e. The number of anilines is 1. The first-order valence-electron chi connectivity index (χ1n) is 9.60. The summed E-state index contributed by atoms with van der Waals surface area (Å²) in [4.78, 5) is 42.0. The summed E-state index contributed by atoms with van der Waals surface area (Å²) >= 11 is 0. The third-order valence-electron chi connectivity index (χ3n) is 5.58. The van der Waals surface area contributed by atoms with Crippen LogP contribution in [0.1, 0.15) is 38.3 Å². The summed E-state index contributed by atoms with van der Waals surface area (Å²) in [5.74, 6) is -0.705. The zero-order chi connectivity index (χ0) is 22.9. The number of fused-ring (bicyclic) bond motifs is 5. The van der Waals surface area contributed by atoms with Gasteiger partial charge in [0.2, 0.25) is 0 Å². The lowest BCUT2D eigenvalue weighted by atomic mass is 10.1. The van der Waals surface area contributed by atoms with Gasteiger partial charge in [0.1, 0.15) is 11.6 Å². The van der Waals surface area contributed by atoms with Crippen LogP contribution in [0, 0.1) is 11.3 Å². The number of likely N-dealkylation sites (tertiary alicyclic amines) is 1. The normalized spacial score (nSPS) is 25.2. The number of hydrogen-bond acceptors (Lipinski definition) is 5. The molecule has 0 saturated carbocycles. The topological polar surface area (TPSA) is 94.0 Å². The number of carbonyl (C=O) groups excluding carboxylic acids is 3. The zero-order valence-electron chi connectivity index (χ0n) is 16.9. The maximum absolute atomic E-state index is 13.3. The molecule has 1 aromatic carbocycles. The van der Waals surface area contributed by atoms with E-state index in [9.17, 15) is 27.6 Å². The van der Waals surface area contributed by atoms with Gasteiger partial charge < -0.3 is 14.5 Å². The third-order valence-corrected chi connectivity index (χ3v) is 5.58. The van der Waals surface area contributed by atoms with Crippen molar-refractivity contribution in [1.29, 1.82) is 5.26 Å². The van der Waals surface area contributed by atoms with Gasteiger partial charge in [0.25, 0.3) is 5.91 Å². The van der Waals surface area contributed by atoms with Crippen molar-refractivity contribution in [3.63, 3.8) is 0 Å². The van der Waals surface area contributed by atoms with Crippen molar-refractivity contribution >= 4 is 23.7 Å². The molecule has 31 heavy (non-hydrogen) atoms. The number of ether oxygens (including phenoxy) is 1. The minimum atomic E-state index is -4.82. The van der Waals surface area contributed by atoms with Crippen LogP contribution in [-0.2, 0) is 15.7 Å². The molecule has 0 unspecified atom stereocenters. The smallest absolute Gasteiger partial charge is 0.417 e. The number of alkyl halides is 3. The molecule has 0 N–H and O–H groups in total. The lowest BCUT2D eigenvalue weighted by Gasteiger charge is -2.35. The first-order chi connectivity index (χ1) is 14.3. The van der Waals surface area contributed by atoms with E-state index in [-0.39, 0.29) is 12.2 Å². The SMILES string of the molecule is CC(C)(C)OC(=O)N1C[C@H]2C[C@@H]1[C@@H]1C(=O)N(c3ccc(C#N)c(C(F)(F)F)c3)C(=O)N21. The van der Waals surface area contributed by atoms with Gasteiger partial charge in [0.05, 0.1) is 35.0 Å². The Labute approximate surface area is 175 Å². The monoisotopic (exact) mass is 436 g/mol. The molecule has 0 radical (unpaired) electrons. The molecule has 0 spiro atoms. The Morgan fingerprint density at radius 2 is 1.90 bits per heavy atom. The maximum Gasteiger partial charge on any atom is 0.417 e. The molecule has 164 valence electrons. The summed E-state index contributed by atoms with van der Waals surface area (Å²) in [7, 11) is 0. The number of halogens is 3. The van der Waals surface area contributed by atoms with Crippen LogP contribution in [0.4, 0.5) is 28.4 Å². The van der Waals surface area contributed by atoms with Gasteiger partial charge in [-0.1, -0.05) is 0 Å². The zero-order valence-corrected chi connectivity index (χ0v) is 16.9. The van der Waals surface area contributed by atoms with Crippen LogP contribution in [0.15, 0.2) is 18.2 Å². The van der Waals surface area contributed by atoms with E-state index in [1.165, 1.54) is 15.9 Å². The van der Waals surface area contributed by atoms with Gasteiger partial charge in [-0.3, -0.25) is 4.79 Å². The van der Waals surface area contributed by atoms with Gasteiger partial charge in [-0.2, -0.15) is 18.4 Å². The quantitative estimate of drug-likeness (QED) is 0.631. The number of hydrogen-bond donors (Lipinski definition) is 0. The summed E-state index contributed by atoms with van der Waals surface area (Å²) < 4.78 is 45.4. The van der Waals surface area contributed by atoms with Crippen molar-refractivity contribution in [2.45, 2.75) is 57.1 Å². The van der Waals surface area contributed by atoms with E-state index in [0.29, 0.717) is 17.4 Å². The number of carbonyl (C=O) groups is 3. The molecule has 3 aliphatic rings. The number of nitriles is 1. The second-order valence-electron chi connectivity index (χ2n) is 8.74. The van der Waals surface area contributed by atoms with Crippen molar-refractivity contribution in [3.05, 3.63) is 29.3 Å². The highest BCUT2D eigenvalue weighted by Gasteiger charge is 2.63. The molecule has 0 aromatic heterocycles. The van der Waals surface area contributed by atoms with Crippen LogP contribution >= 0.6 is 0 Å². The third kappa shape index (κ3) is 3.26. The van der Waals surface area contributed by atoms with Crippen LogP contribution in [0.5, 0.6) is 0 Å². The first kappa shape index (κ1) is 21.0. The number of piperazine rings is 1. The van der Waals surface area contributed by atoms with E-state index >= 15 is 0 Å². The molecule has 1 aromatic rings. The molecular formula is C20H19F3N4O4. The molecule has 3 aliphatic heterocycles. The highest BCUT2D eigenvalue weighted by Crippen LogP contribution is 2.43. The fourth-order valence-electron chi connectivity index (χ4n) is 4.43. The molecule has 4 amide bonds. The molecule has 3 saturated heterocycles. The summed E-state index contributed by atoms with van der Waals surface area (Å²) in [5, 5.41) is 8.96. The minimum Gasteiger partial charge on any atom is -0.444 e. The maximum atomic E-state index is 13.3. The Hall–Kier alpha value is -3.29. The molecular weight excluding hydrogens is 417 g/mol. The molecule has 8 nitrogen and oxygen atoms in total. The molecule has 2 bridgehead atoms. The van der Waals surface area contributed by atoms with Crippen molar-refractivity contribution in [3.8, 4) is 6.07 Å². The van der Waals surface area contributed by atoms with E-state index < -0.39 is 59.1 Å². The molecule has 4 rings (SSSR count). The van der Waals surface area contributed by atoms with Crippen molar-refractivity contribution in [2.24, 2.45) is 0 Å². The average Bonchev–Trinajstić information content (AvgIpc) is 3.31. The van der Waals surface area contributed by atoms with Crippen LogP contribution in [-0.4, -0.2) is 58.1 Å².